The van der Waals surface area contributed by atoms with Gasteiger partial charge >= 0.3 is 0 Å². The lowest BCUT2D eigenvalue weighted by Gasteiger charge is -2.40. The minimum atomic E-state index is -0.0954. The van der Waals surface area contributed by atoms with Crippen molar-refractivity contribution in [1.29, 1.82) is 0 Å². The van der Waals surface area contributed by atoms with Crippen molar-refractivity contribution in [2.24, 2.45) is 11.1 Å². The molecule has 19 heavy (non-hydrogen) atoms. The lowest BCUT2D eigenvalue weighted by molar-refractivity contribution is -0.123. The maximum Gasteiger partial charge on any atom is 0.222 e. The summed E-state index contributed by atoms with van der Waals surface area (Å²) in [6.07, 6.45) is 2.56. The Morgan fingerprint density at radius 1 is 1.47 bits per heavy atom. The van der Waals surface area contributed by atoms with Crippen LogP contribution in [0.3, 0.4) is 0 Å². The van der Waals surface area contributed by atoms with Crippen LogP contribution in [0.1, 0.15) is 50.8 Å². The zero-order valence-electron chi connectivity index (χ0n) is 12.1. The number of carbonyl (C=O) groups excluding carboxylic acids is 1. The van der Waals surface area contributed by atoms with E-state index in [-0.39, 0.29) is 23.4 Å². The second-order valence-corrected chi connectivity index (χ2v) is 6.37. The predicted molar refractivity (Wildman–Crippen MR) is 77.7 cm³/mol. The molecular formula is C16H24N2O. The molecule has 0 spiro atoms. The van der Waals surface area contributed by atoms with Crippen LogP contribution in [-0.2, 0) is 11.2 Å². The maximum atomic E-state index is 12.0. The Morgan fingerprint density at radius 3 is 2.84 bits per heavy atom. The van der Waals surface area contributed by atoms with E-state index >= 15 is 0 Å². The van der Waals surface area contributed by atoms with Crippen molar-refractivity contribution >= 4 is 5.91 Å². The van der Waals surface area contributed by atoms with Crippen LogP contribution in [-0.4, -0.2) is 11.9 Å². The molecule has 0 saturated carbocycles. The standard InChI is InChI=1S/C16H24N2O/c1-11(17)10-14(19)18-15-13-7-5-4-6-12(13)8-9-16(15,2)3/h4-7,11,15H,8-10,17H2,1-3H3,(H,18,19). The SMILES string of the molecule is CC(N)CC(=O)NC1c2ccccc2CCC1(C)C. The molecule has 0 aromatic heterocycles. The van der Waals surface area contributed by atoms with E-state index < -0.39 is 0 Å². The fourth-order valence-electron chi connectivity index (χ4n) is 2.85. The van der Waals surface area contributed by atoms with Crippen molar-refractivity contribution in [2.45, 2.75) is 52.1 Å². The first-order chi connectivity index (χ1) is 8.90. The van der Waals surface area contributed by atoms with E-state index in [2.05, 4.69) is 37.4 Å². The normalized spacial score (nSPS) is 22.4. The van der Waals surface area contributed by atoms with Gasteiger partial charge in [-0.2, -0.15) is 0 Å². The van der Waals surface area contributed by atoms with Crippen LogP contribution in [0.2, 0.25) is 0 Å². The summed E-state index contributed by atoms with van der Waals surface area (Å²) in [5.41, 5.74) is 8.40. The molecule has 0 radical (unpaired) electrons. The summed E-state index contributed by atoms with van der Waals surface area (Å²) in [6.45, 7) is 6.30. The van der Waals surface area contributed by atoms with Gasteiger partial charge in [-0.15, -0.1) is 0 Å². The molecular weight excluding hydrogens is 236 g/mol. The van der Waals surface area contributed by atoms with Crippen molar-refractivity contribution < 1.29 is 4.79 Å². The number of hydrogen-bond acceptors (Lipinski definition) is 2. The molecule has 3 nitrogen and oxygen atoms in total. The van der Waals surface area contributed by atoms with Crippen LogP contribution in [0.5, 0.6) is 0 Å². The Hall–Kier alpha value is -1.35. The first-order valence-electron chi connectivity index (χ1n) is 7.03. The van der Waals surface area contributed by atoms with E-state index in [1.807, 2.05) is 13.0 Å². The van der Waals surface area contributed by atoms with Gasteiger partial charge in [0.1, 0.15) is 0 Å². The van der Waals surface area contributed by atoms with E-state index in [0.29, 0.717) is 6.42 Å². The quantitative estimate of drug-likeness (QED) is 0.877. The number of nitrogens with one attached hydrogen (secondary N) is 1. The van der Waals surface area contributed by atoms with Gasteiger partial charge in [0.05, 0.1) is 6.04 Å². The third-order valence-corrected chi connectivity index (χ3v) is 4.00. The van der Waals surface area contributed by atoms with Gasteiger partial charge in [-0.1, -0.05) is 38.1 Å². The number of aryl methyl sites for hydroxylation is 1. The van der Waals surface area contributed by atoms with Gasteiger partial charge in [-0.3, -0.25) is 4.79 Å². The zero-order valence-corrected chi connectivity index (χ0v) is 12.1. The molecule has 1 amide bonds. The van der Waals surface area contributed by atoms with Gasteiger partial charge in [-0.25, -0.2) is 0 Å². The van der Waals surface area contributed by atoms with Gasteiger partial charge in [0.2, 0.25) is 5.91 Å². The van der Waals surface area contributed by atoms with Crippen molar-refractivity contribution in [3.63, 3.8) is 0 Å². The molecule has 3 heteroatoms. The number of carbonyl (C=O) groups is 1. The fraction of sp³-hybridized carbons (Fsp3) is 0.562. The highest BCUT2D eigenvalue weighted by molar-refractivity contribution is 5.77. The molecule has 0 aliphatic heterocycles. The molecule has 104 valence electrons. The molecule has 1 aliphatic rings. The molecule has 1 aromatic carbocycles. The lowest BCUT2D eigenvalue weighted by atomic mass is 9.70. The molecule has 0 fully saturated rings. The Morgan fingerprint density at radius 2 is 2.16 bits per heavy atom. The van der Waals surface area contributed by atoms with Crippen molar-refractivity contribution in [3.05, 3.63) is 35.4 Å². The predicted octanol–water partition coefficient (Wildman–Crippen LogP) is 2.55. The molecule has 1 aliphatic carbocycles. The van der Waals surface area contributed by atoms with Crippen molar-refractivity contribution in [1.82, 2.24) is 5.32 Å². The highest BCUT2D eigenvalue weighted by atomic mass is 16.1. The molecule has 0 heterocycles. The van der Waals surface area contributed by atoms with E-state index in [1.54, 1.807) is 0 Å². The van der Waals surface area contributed by atoms with E-state index in [0.717, 1.165) is 12.8 Å². The lowest BCUT2D eigenvalue weighted by Crippen LogP contribution is -2.42. The average Bonchev–Trinajstić information content (AvgIpc) is 2.32. The van der Waals surface area contributed by atoms with Gasteiger partial charge in [-0.05, 0) is 36.3 Å². The van der Waals surface area contributed by atoms with Crippen molar-refractivity contribution in [3.8, 4) is 0 Å². The smallest absolute Gasteiger partial charge is 0.222 e. The second kappa shape index (κ2) is 5.33. The summed E-state index contributed by atoms with van der Waals surface area (Å²) in [4.78, 5) is 12.0. The highest BCUT2D eigenvalue weighted by Gasteiger charge is 2.36. The Kier molecular flexibility index (Phi) is 3.95. The first kappa shape index (κ1) is 14.1. The molecule has 2 rings (SSSR count). The van der Waals surface area contributed by atoms with Gasteiger partial charge in [0.25, 0.3) is 0 Å². The monoisotopic (exact) mass is 260 g/mol. The molecule has 2 atom stereocenters. The summed E-state index contributed by atoms with van der Waals surface area (Å²) in [5.74, 6) is 0.0461. The largest absolute Gasteiger partial charge is 0.349 e. The molecule has 3 N–H and O–H groups in total. The average molecular weight is 260 g/mol. The first-order valence-corrected chi connectivity index (χ1v) is 7.03. The number of hydrogen-bond donors (Lipinski definition) is 2. The summed E-state index contributed by atoms with van der Waals surface area (Å²) in [7, 11) is 0. The minimum Gasteiger partial charge on any atom is -0.349 e. The van der Waals surface area contributed by atoms with Crippen LogP contribution in [0.25, 0.3) is 0 Å². The molecule has 2 unspecified atom stereocenters. The third-order valence-electron chi connectivity index (χ3n) is 4.00. The van der Waals surface area contributed by atoms with Crippen LogP contribution >= 0.6 is 0 Å². The van der Waals surface area contributed by atoms with Crippen molar-refractivity contribution in [2.75, 3.05) is 0 Å². The highest BCUT2D eigenvalue weighted by Crippen LogP contribution is 2.43. The number of fused-ring (bicyclic) bond motifs is 1. The minimum absolute atomic E-state index is 0.0461. The van der Waals surface area contributed by atoms with E-state index in [1.165, 1.54) is 11.1 Å². The summed E-state index contributed by atoms with van der Waals surface area (Å²) in [5, 5.41) is 3.18. The Bertz CT molecular complexity index is 466. The Labute approximate surface area is 115 Å². The number of rotatable bonds is 3. The van der Waals surface area contributed by atoms with Crippen LogP contribution in [0, 0.1) is 5.41 Å². The van der Waals surface area contributed by atoms with E-state index in [4.69, 9.17) is 5.73 Å². The van der Waals surface area contributed by atoms with Gasteiger partial charge < -0.3 is 11.1 Å². The number of benzene rings is 1. The number of amides is 1. The maximum absolute atomic E-state index is 12.0. The fourth-order valence-corrected chi connectivity index (χ4v) is 2.85. The van der Waals surface area contributed by atoms with Crippen LogP contribution < -0.4 is 11.1 Å². The second-order valence-electron chi connectivity index (χ2n) is 6.37. The van der Waals surface area contributed by atoms with Crippen LogP contribution in [0.15, 0.2) is 24.3 Å². The number of nitrogens with two attached hydrogens (primary N) is 1. The third kappa shape index (κ3) is 3.16. The Balaban J connectivity index is 2.23. The summed E-state index contributed by atoms with van der Waals surface area (Å²) in [6, 6.07) is 8.40. The summed E-state index contributed by atoms with van der Waals surface area (Å²) < 4.78 is 0. The molecule has 0 saturated heterocycles. The van der Waals surface area contributed by atoms with Gasteiger partial charge in [0.15, 0.2) is 0 Å². The van der Waals surface area contributed by atoms with Gasteiger partial charge in [0, 0.05) is 12.5 Å². The molecule has 1 aromatic rings. The van der Waals surface area contributed by atoms with Crippen LogP contribution in [0.4, 0.5) is 0 Å². The summed E-state index contributed by atoms with van der Waals surface area (Å²) >= 11 is 0. The topological polar surface area (TPSA) is 55.1 Å². The van der Waals surface area contributed by atoms with E-state index in [9.17, 15) is 4.79 Å². The molecule has 0 bridgehead atoms. The zero-order chi connectivity index (χ0) is 14.0.